The maximum Gasteiger partial charge on any atom is 0.161 e. The average molecular weight is 436 g/mol. The zero-order valence-corrected chi connectivity index (χ0v) is 21.6. The summed E-state index contributed by atoms with van der Waals surface area (Å²) in [5, 5.41) is 9.39. The van der Waals surface area contributed by atoms with Gasteiger partial charge in [-0.05, 0) is 59.6 Å². The molecule has 1 N–H and O–H groups in total. The molecule has 3 atom stereocenters. The van der Waals surface area contributed by atoms with Gasteiger partial charge in [0, 0.05) is 30.0 Å². The van der Waals surface area contributed by atoms with Crippen LogP contribution in [0, 0.1) is 11.8 Å². The van der Waals surface area contributed by atoms with Crippen LogP contribution in [0.4, 0.5) is 4.39 Å². The SMILES string of the molecule is BC(B)(F)C(B)(B)C(B)(B)Oc1cc2c(cc1OC)C1C[C@@H](O)[C@H](CC(C)C)CN1CC2. The molecule has 0 spiro atoms. The van der Waals surface area contributed by atoms with Crippen molar-refractivity contribution in [1.29, 1.82) is 0 Å². The monoisotopic (exact) mass is 437 g/mol. The molecule has 4 nitrogen and oxygen atoms in total. The third kappa shape index (κ3) is 4.80. The molecule has 170 valence electrons. The fourth-order valence-electron chi connectivity index (χ4n) is 5.29. The lowest BCUT2D eigenvalue weighted by Crippen LogP contribution is -2.60. The van der Waals surface area contributed by atoms with E-state index in [-0.39, 0.29) is 12.1 Å². The van der Waals surface area contributed by atoms with Crippen LogP contribution < -0.4 is 9.47 Å². The summed E-state index contributed by atoms with van der Waals surface area (Å²) in [7, 11) is 12.6. The van der Waals surface area contributed by atoms with Crippen LogP contribution in [0.1, 0.15) is 43.9 Å². The van der Waals surface area contributed by atoms with Crippen LogP contribution in [0.2, 0.25) is 5.21 Å². The molecule has 2 aliphatic heterocycles. The lowest BCUT2D eigenvalue weighted by Gasteiger charge is -2.49. The van der Waals surface area contributed by atoms with Gasteiger partial charge in [-0.25, -0.2) is 0 Å². The highest BCUT2D eigenvalue weighted by atomic mass is 19.1. The quantitative estimate of drug-likeness (QED) is 0.484. The second-order valence-corrected chi connectivity index (χ2v) is 11.9. The van der Waals surface area contributed by atoms with Crippen molar-refractivity contribution in [2.75, 3.05) is 20.2 Å². The Labute approximate surface area is 199 Å². The van der Waals surface area contributed by atoms with Crippen molar-refractivity contribution in [1.82, 2.24) is 4.90 Å². The number of hydrogen-bond donors (Lipinski definition) is 1. The molecule has 11 heteroatoms. The molecule has 3 rings (SSSR count). The fraction of sp³-hybridized carbons (Fsp3) is 0.714. The maximum atomic E-state index is 15.0. The van der Waals surface area contributed by atoms with Crippen molar-refractivity contribution in [3.05, 3.63) is 23.3 Å². The zero-order valence-electron chi connectivity index (χ0n) is 21.6. The number of piperidine rings is 1. The average Bonchev–Trinajstić information content (AvgIpc) is 2.66. The zero-order chi connectivity index (χ0) is 24.1. The third-order valence-corrected chi connectivity index (χ3v) is 8.50. The van der Waals surface area contributed by atoms with Crippen molar-refractivity contribution in [3.63, 3.8) is 0 Å². The first-order chi connectivity index (χ1) is 14.7. The maximum absolute atomic E-state index is 15.0. The number of rotatable bonds is 7. The summed E-state index contributed by atoms with van der Waals surface area (Å²) in [5.41, 5.74) is 1.05. The minimum Gasteiger partial charge on any atom is -0.502 e. The van der Waals surface area contributed by atoms with Gasteiger partial charge in [-0.15, -0.1) is 0 Å². The van der Waals surface area contributed by atoms with E-state index in [1.165, 1.54) is 11.1 Å². The topological polar surface area (TPSA) is 41.9 Å². The van der Waals surface area contributed by atoms with E-state index >= 15 is 4.39 Å². The van der Waals surface area contributed by atoms with E-state index in [0.29, 0.717) is 23.3 Å². The summed E-state index contributed by atoms with van der Waals surface area (Å²) in [6.45, 7) is 6.38. The summed E-state index contributed by atoms with van der Waals surface area (Å²) in [6, 6.07) is 4.37. The second-order valence-electron chi connectivity index (χ2n) is 11.9. The van der Waals surface area contributed by atoms with E-state index < -0.39 is 16.1 Å². The van der Waals surface area contributed by atoms with E-state index in [1.807, 2.05) is 31.4 Å². The number of ether oxygens (including phenoxy) is 2. The number of alkyl halides is 1. The molecule has 0 bridgehead atoms. The number of aliphatic hydroxyl groups excluding tert-OH is 1. The van der Waals surface area contributed by atoms with Gasteiger partial charge in [0.2, 0.25) is 0 Å². The highest BCUT2D eigenvalue weighted by Crippen LogP contribution is 2.46. The van der Waals surface area contributed by atoms with Crippen molar-refractivity contribution in [2.24, 2.45) is 11.8 Å². The van der Waals surface area contributed by atoms with Gasteiger partial charge < -0.3 is 14.6 Å². The highest BCUT2D eigenvalue weighted by Gasteiger charge is 2.49. The number of benzene rings is 1. The summed E-state index contributed by atoms with van der Waals surface area (Å²) < 4.78 is 27.2. The van der Waals surface area contributed by atoms with Gasteiger partial charge in [-0.3, -0.25) is 9.29 Å². The molecule has 1 aromatic rings. The fourth-order valence-corrected chi connectivity index (χ4v) is 5.29. The number of aliphatic hydroxyl groups is 1. The molecule has 0 saturated carbocycles. The molecule has 1 fully saturated rings. The van der Waals surface area contributed by atoms with Crippen molar-refractivity contribution in [2.45, 2.75) is 61.3 Å². The summed E-state index contributed by atoms with van der Waals surface area (Å²) in [6.07, 6.45) is 2.47. The smallest absolute Gasteiger partial charge is 0.161 e. The Morgan fingerprint density at radius 2 is 1.81 bits per heavy atom. The van der Waals surface area contributed by atoms with Crippen molar-refractivity contribution in [3.8, 4) is 11.5 Å². The number of hydrogen-bond acceptors (Lipinski definition) is 4. The van der Waals surface area contributed by atoms with Crippen LogP contribution in [0.3, 0.4) is 0 Å². The highest BCUT2D eigenvalue weighted by molar-refractivity contribution is 6.60. The molecule has 1 saturated heterocycles. The summed E-state index contributed by atoms with van der Waals surface area (Å²) in [5.74, 6) is 2.26. The first kappa shape index (κ1) is 25.7. The van der Waals surface area contributed by atoms with Gasteiger partial charge in [-0.2, -0.15) is 0 Å². The number of halogens is 1. The van der Waals surface area contributed by atoms with Gasteiger partial charge >= 0.3 is 0 Å². The normalized spacial score (nSPS) is 24.6. The van der Waals surface area contributed by atoms with Gasteiger partial charge in [0.1, 0.15) is 47.1 Å². The van der Waals surface area contributed by atoms with Crippen molar-refractivity contribution < 1.29 is 19.0 Å². The summed E-state index contributed by atoms with van der Waals surface area (Å²) in [4.78, 5) is 2.53. The van der Waals surface area contributed by atoms with Gasteiger partial charge in [0.05, 0.1) is 13.2 Å². The predicted octanol–water partition coefficient (Wildman–Crippen LogP) is -2.41. The van der Waals surface area contributed by atoms with Crippen LogP contribution >= 0.6 is 0 Å². The number of nitrogens with zero attached hydrogens (tertiary/aromatic N) is 1. The molecule has 1 aromatic carbocycles. The first-order valence-corrected chi connectivity index (χ1v) is 12.2. The standard InChI is InChI=1S/C21H38B6FNO3/c1-11(2)6-13-10-29-5-4-12-7-18(32-21(26,27)19(22,23)20(24,25)28)17(31-3)8-14(12)15(29)9-16(13)30/h7-8,11,13,15-16,30H,4-6,9-10,22-27H2,1-3H3/t13-,15?,16-/m1/s1. The predicted molar refractivity (Wildman–Crippen MR) is 146 cm³/mol. The van der Waals surface area contributed by atoms with E-state index in [0.717, 1.165) is 32.4 Å². The molecule has 0 aromatic heterocycles. The molecule has 0 aliphatic carbocycles. The Morgan fingerprint density at radius 3 is 2.38 bits per heavy atom. The van der Waals surface area contributed by atoms with E-state index in [2.05, 4.69) is 30.9 Å². The van der Waals surface area contributed by atoms with Crippen molar-refractivity contribution >= 4 is 47.1 Å². The number of methoxy groups -OCH3 is 1. The Morgan fingerprint density at radius 1 is 1.16 bits per heavy atom. The molecular weight excluding hydrogens is 398 g/mol. The van der Waals surface area contributed by atoms with Gasteiger partial charge in [0.15, 0.2) is 11.5 Å². The van der Waals surface area contributed by atoms with Gasteiger partial charge in [0.25, 0.3) is 0 Å². The van der Waals surface area contributed by atoms with Crippen LogP contribution in [0.25, 0.3) is 0 Å². The van der Waals surface area contributed by atoms with Crippen LogP contribution in [0.15, 0.2) is 12.1 Å². The lowest BCUT2D eigenvalue weighted by atomic mass is 9.25. The minimum atomic E-state index is -1.41. The third-order valence-electron chi connectivity index (χ3n) is 8.50. The minimum absolute atomic E-state index is 0.203. The summed E-state index contributed by atoms with van der Waals surface area (Å²) >= 11 is 0. The molecule has 2 aliphatic rings. The van der Waals surface area contributed by atoms with E-state index in [1.54, 1.807) is 22.8 Å². The molecule has 1 unspecified atom stereocenters. The largest absolute Gasteiger partial charge is 0.502 e. The van der Waals surface area contributed by atoms with E-state index in [9.17, 15) is 5.11 Å². The van der Waals surface area contributed by atoms with Crippen LogP contribution in [0.5, 0.6) is 11.5 Å². The van der Waals surface area contributed by atoms with E-state index in [4.69, 9.17) is 9.47 Å². The molecule has 0 amide bonds. The molecular formula is C21H38B6FNO3. The Balaban J connectivity index is 1.90. The lowest BCUT2D eigenvalue weighted by molar-refractivity contribution is -0.0192. The second kappa shape index (κ2) is 9.02. The Bertz CT molecular complexity index is 832. The molecule has 2 heterocycles. The molecule has 0 radical (unpaired) electrons. The molecule has 32 heavy (non-hydrogen) atoms. The number of fused-ring (bicyclic) bond motifs is 3. The van der Waals surface area contributed by atoms with Crippen LogP contribution in [-0.4, -0.2) is 94.3 Å². The first-order valence-electron chi connectivity index (χ1n) is 12.2. The van der Waals surface area contributed by atoms with Gasteiger partial charge in [-0.1, -0.05) is 13.8 Å². The Hall–Kier alpha value is -0.940. The van der Waals surface area contributed by atoms with Crippen LogP contribution in [-0.2, 0) is 6.42 Å². The Kier molecular flexibility index (Phi) is 7.24.